The van der Waals surface area contributed by atoms with E-state index in [1.165, 1.54) is 0 Å². The fraction of sp³-hybridized carbons (Fsp3) is 1.00. The summed E-state index contributed by atoms with van der Waals surface area (Å²) in [6.07, 6.45) is 0.615. The Balaban J connectivity index is 4.44. The summed E-state index contributed by atoms with van der Waals surface area (Å²) in [5.41, 5.74) is 4.72. The van der Waals surface area contributed by atoms with E-state index in [4.69, 9.17) is 5.73 Å². The molecule has 0 aromatic rings. The van der Waals surface area contributed by atoms with Crippen LogP contribution in [0.25, 0.3) is 0 Å². The molecule has 0 aromatic carbocycles. The Kier molecular flexibility index (Phi) is 2.98. The third-order valence-corrected chi connectivity index (χ3v) is 2.42. The number of rotatable bonds is 2. The molecule has 74 valence electrons. The minimum Gasteiger partial charge on any atom is -0.390 e. The normalized spacial score (nSPS) is 19.0. The third kappa shape index (κ3) is 3.55. The summed E-state index contributed by atoms with van der Waals surface area (Å²) in [6.45, 7) is 11.8. The van der Waals surface area contributed by atoms with Crippen molar-refractivity contribution in [1.29, 1.82) is 0 Å². The zero-order valence-corrected chi connectivity index (χ0v) is 9.23. The Bertz CT molecular complexity index is 148. The van der Waals surface area contributed by atoms with Crippen molar-refractivity contribution >= 4 is 0 Å². The lowest BCUT2D eigenvalue weighted by Gasteiger charge is -2.41. The van der Waals surface area contributed by atoms with Crippen molar-refractivity contribution in [2.45, 2.75) is 59.1 Å². The van der Waals surface area contributed by atoms with Gasteiger partial charge in [-0.25, -0.2) is 0 Å². The molecule has 0 rings (SSSR count). The first kappa shape index (κ1) is 11.9. The van der Waals surface area contributed by atoms with E-state index >= 15 is 0 Å². The second-order valence-electron chi connectivity index (χ2n) is 5.69. The summed E-state index contributed by atoms with van der Waals surface area (Å²) >= 11 is 0. The lowest BCUT2D eigenvalue weighted by molar-refractivity contribution is -0.0600. The lowest BCUT2D eigenvalue weighted by atomic mass is 9.72. The van der Waals surface area contributed by atoms with Crippen LogP contribution in [0.5, 0.6) is 0 Å². The van der Waals surface area contributed by atoms with Gasteiger partial charge in [-0.1, -0.05) is 20.8 Å². The van der Waals surface area contributed by atoms with Crippen molar-refractivity contribution in [1.82, 2.24) is 0 Å². The van der Waals surface area contributed by atoms with E-state index in [0.717, 1.165) is 0 Å². The van der Waals surface area contributed by atoms with Gasteiger partial charge in [0.15, 0.2) is 0 Å². The summed E-state index contributed by atoms with van der Waals surface area (Å²) in [7, 11) is 0. The van der Waals surface area contributed by atoms with E-state index in [2.05, 4.69) is 0 Å². The standard InChI is InChI=1S/C10H23NO/c1-8(2,3)10(6,12)7-9(4,5)11/h12H,7,11H2,1-6H3. The van der Waals surface area contributed by atoms with Crippen LogP contribution in [-0.2, 0) is 0 Å². The van der Waals surface area contributed by atoms with E-state index in [1.54, 1.807) is 0 Å². The molecule has 0 aliphatic heterocycles. The predicted octanol–water partition coefficient (Wildman–Crippen LogP) is 1.91. The van der Waals surface area contributed by atoms with Crippen molar-refractivity contribution in [3.63, 3.8) is 0 Å². The molecule has 0 radical (unpaired) electrons. The van der Waals surface area contributed by atoms with Gasteiger partial charge in [0.25, 0.3) is 0 Å². The fourth-order valence-corrected chi connectivity index (χ4v) is 1.15. The maximum atomic E-state index is 10.1. The van der Waals surface area contributed by atoms with Crippen LogP contribution in [0.3, 0.4) is 0 Å². The van der Waals surface area contributed by atoms with Gasteiger partial charge in [-0.05, 0) is 32.6 Å². The van der Waals surface area contributed by atoms with E-state index in [-0.39, 0.29) is 11.0 Å². The molecule has 0 aliphatic rings. The highest BCUT2D eigenvalue weighted by atomic mass is 16.3. The molecule has 0 saturated carbocycles. The highest BCUT2D eigenvalue weighted by Gasteiger charge is 2.38. The van der Waals surface area contributed by atoms with Crippen LogP contribution in [0.2, 0.25) is 0 Å². The second kappa shape index (κ2) is 3.00. The first-order chi connectivity index (χ1) is 4.96. The SMILES string of the molecule is CC(C)(N)CC(C)(O)C(C)(C)C. The van der Waals surface area contributed by atoms with Crippen molar-refractivity contribution in [2.24, 2.45) is 11.1 Å². The summed E-state index contributed by atoms with van der Waals surface area (Å²) in [4.78, 5) is 0. The molecular formula is C10H23NO. The molecule has 0 heterocycles. The molecule has 0 amide bonds. The monoisotopic (exact) mass is 173 g/mol. The molecule has 0 spiro atoms. The van der Waals surface area contributed by atoms with Gasteiger partial charge in [-0.15, -0.1) is 0 Å². The maximum Gasteiger partial charge on any atom is 0.0685 e. The molecule has 0 saturated heterocycles. The Morgan fingerprint density at radius 3 is 1.42 bits per heavy atom. The highest BCUT2D eigenvalue weighted by Crippen LogP contribution is 2.35. The summed E-state index contributed by atoms with van der Waals surface area (Å²) in [6, 6.07) is 0. The molecule has 2 heteroatoms. The molecule has 2 nitrogen and oxygen atoms in total. The Morgan fingerprint density at radius 2 is 1.33 bits per heavy atom. The molecule has 12 heavy (non-hydrogen) atoms. The summed E-state index contributed by atoms with van der Waals surface area (Å²) in [5.74, 6) is 0. The Labute approximate surface area is 76.2 Å². The zero-order chi connectivity index (χ0) is 10.2. The van der Waals surface area contributed by atoms with Crippen molar-refractivity contribution in [3.05, 3.63) is 0 Å². The predicted molar refractivity (Wildman–Crippen MR) is 53.0 cm³/mol. The quantitative estimate of drug-likeness (QED) is 0.670. The van der Waals surface area contributed by atoms with E-state index < -0.39 is 5.60 Å². The van der Waals surface area contributed by atoms with Gasteiger partial charge in [0.05, 0.1) is 5.60 Å². The van der Waals surface area contributed by atoms with E-state index in [9.17, 15) is 5.11 Å². The Morgan fingerprint density at radius 1 is 1.00 bits per heavy atom. The fourth-order valence-electron chi connectivity index (χ4n) is 1.15. The van der Waals surface area contributed by atoms with Gasteiger partial charge in [0.1, 0.15) is 0 Å². The molecule has 1 atom stereocenters. The second-order valence-corrected chi connectivity index (χ2v) is 5.69. The highest BCUT2D eigenvalue weighted by molar-refractivity contribution is 4.92. The van der Waals surface area contributed by atoms with Crippen molar-refractivity contribution in [2.75, 3.05) is 0 Å². The van der Waals surface area contributed by atoms with Crippen molar-refractivity contribution < 1.29 is 5.11 Å². The van der Waals surface area contributed by atoms with Crippen molar-refractivity contribution in [3.8, 4) is 0 Å². The zero-order valence-electron chi connectivity index (χ0n) is 9.23. The van der Waals surface area contributed by atoms with Gasteiger partial charge in [0.2, 0.25) is 0 Å². The smallest absolute Gasteiger partial charge is 0.0685 e. The van der Waals surface area contributed by atoms with Gasteiger partial charge < -0.3 is 10.8 Å². The minimum absolute atomic E-state index is 0.121. The average Bonchev–Trinajstić information content (AvgIpc) is 1.52. The molecule has 1 unspecified atom stereocenters. The Hall–Kier alpha value is -0.0800. The van der Waals surface area contributed by atoms with Crippen LogP contribution in [0, 0.1) is 5.41 Å². The van der Waals surface area contributed by atoms with Crippen LogP contribution in [0.1, 0.15) is 48.0 Å². The average molecular weight is 173 g/mol. The molecule has 0 bridgehead atoms. The topological polar surface area (TPSA) is 46.2 Å². The van der Waals surface area contributed by atoms with Gasteiger partial charge >= 0.3 is 0 Å². The van der Waals surface area contributed by atoms with Gasteiger partial charge in [-0.2, -0.15) is 0 Å². The largest absolute Gasteiger partial charge is 0.390 e. The first-order valence-electron chi connectivity index (χ1n) is 4.47. The van der Waals surface area contributed by atoms with Crippen LogP contribution in [0.4, 0.5) is 0 Å². The van der Waals surface area contributed by atoms with Gasteiger partial charge in [0, 0.05) is 5.54 Å². The van der Waals surface area contributed by atoms with Gasteiger partial charge in [-0.3, -0.25) is 0 Å². The van der Waals surface area contributed by atoms with E-state index in [0.29, 0.717) is 6.42 Å². The number of aliphatic hydroxyl groups is 1. The maximum absolute atomic E-state index is 10.1. The number of hydrogen-bond acceptors (Lipinski definition) is 2. The molecule has 0 aliphatic carbocycles. The van der Waals surface area contributed by atoms with Crippen LogP contribution in [-0.4, -0.2) is 16.2 Å². The lowest BCUT2D eigenvalue weighted by Crippen LogP contribution is -2.48. The summed E-state index contributed by atoms with van der Waals surface area (Å²) < 4.78 is 0. The third-order valence-electron chi connectivity index (χ3n) is 2.42. The molecular weight excluding hydrogens is 150 g/mol. The molecule has 0 fully saturated rings. The van der Waals surface area contributed by atoms with Crippen LogP contribution < -0.4 is 5.73 Å². The van der Waals surface area contributed by atoms with Crippen LogP contribution in [0.15, 0.2) is 0 Å². The molecule has 0 aromatic heterocycles. The number of hydrogen-bond donors (Lipinski definition) is 2. The minimum atomic E-state index is -0.703. The van der Waals surface area contributed by atoms with E-state index in [1.807, 2.05) is 41.5 Å². The first-order valence-corrected chi connectivity index (χ1v) is 4.47. The number of nitrogens with two attached hydrogens (primary N) is 1. The van der Waals surface area contributed by atoms with Crippen LogP contribution >= 0.6 is 0 Å². The molecule has 3 N–H and O–H groups in total. The summed E-state index contributed by atoms with van der Waals surface area (Å²) in [5, 5.41) is 10.1.